The van der Waals surface area contributed by atoms with Crippen LogP contribution in [0.3, 0.4) is 0 Å². The third kappa shape index (κ3) is 3.83. The average Bonchev–Trinajstić information content (AvgIpc) is 2.54. The zero-order valence-corrected chi connectivity index (χ0v) is 14.8. The van der Waals surface area contributed by atoms with Crippen LogP contribution in [0, 0.1) is 6.92 Å². The molecule has 0 bridgehead atoms. The summed E-state index contributed by atoms with van der Waals surface area (Å²) in [5.41, 5.74) is 6.02. The molecule has 0 radical (unpaired) electrons. The van der Waals surface area contributed by atoms with Gasteiger partial charge in [0.15, 0.2) is 0 Å². The van der Waals surface area contributed by atoms with Crippen LogP contribution in [0.2, 0.25) is 5.02 Å². The van der Waals surface area contributed by atoms with Gasteiger partial charge in [-0.15, -0.1) is 0 Å². The Hall–Kier alpha value is -2.54. The summed E-state index contributed by atoms with van der Waals surface area (Å²) in [6.45, 7) is 3.48. The normalized spacial score (nSPS) is 13.0. The highest BCUT2D eigenvalue weighted by atomic mass is 35.5. The lowest BCUT2D eigenvalue weighted by Gasteiger charge is -2.19. The van der Waals surface area contributed by atoms with Crippen molar-refractivity contribution < 1.29 is 13.2 Å². The molecule has 136 valence electrons. The fraction of sp³-hybridized carbons (Fsp3) is 0.222. The van der Waals surface area contributed by atoms with Gasteiger partial charge in [0, 0.05) is 16.1 Å². The Morgan fingerprint density at radius 1 is 1.12 bits per heavy atom. The second kappa shape index (κ2) is 6.64. The molecule has 0 unspecified atom stereocenters. The quantitative estimate of drug-likeness (QED) is 0.600. The van der Waals surface area contributed by atoms with E-state index in [2.05, 4.69) is 15.3 Å². The summed E-state index contributed by atoms with van der Waals surface area (Å²) in [7, 11) is 0. The molecule has 8 heteroatoms. The van der Waals surface area contributed by atoms with E-state index in [0.717, 1.165) is 12.1 Å². The van der Waals surface area contributed by atoms with Crippen molar-refractivity contribution in [1.82, 2.24) is 9.97 Å². The summed E-state index contributed by atoms with van der Waals surface area (Å²) >= 11 is 6.05. The van der Waals surface area contributed by atoms with E-state index in [1.807, 2.05) is 0 Å². The van der Waals surface area contributed by atoms with Gasteiger partial charge in [-0.2, -0.15) is 13.2 Å². The van der Waals surface area contributed by atoms with E-state index < -0.39 is 17.8 Å². The molecular weight excluding hydrogens is 365 g/mol. The van der Waals surface area contributed by atoms with Crippen LogP contribution in [0.25, 0.3) is 10.9 Å². The first-order valence-electron chi connectivity index (χ1n) is 7.81. The first kappa shape index (κ1) is 18.3. The van der Waals surface area contributed by atoms with Crippen molar-refractivity contribution in [1.29, 1.82) is 0 Å². The molecular formula is C18H16ClF3N4. The van der Waals surface area contributed by atoms with Crippen LogP contribution >= 0.6 is 11.6 Å². The maximum Gasteiger partial charge on any atom is 0.416 e. The molecule has 0 aliphatic heterocycles. The van der Waals surface area contributed by atoms with Gasteiger partial charge in [-0.05, 0) is 55.8 Å². The lowest BCUT2D eigenvalue weighted by Crippen LogP contribution is -2.12. The minimum Gasteiger partial charge on any atom is -0.399 e. The minimum absolute atomic E-state index is 0.0512. The molecule has 0 fully saturated rings. The van der Waals surface area contributed by atoms with E-state index in [4.69, 9.17) is 17.3 Å². The monoisotopic (exact) mass is 380 g/mol. The number of aryl methyl sites for hydroxylation is 1. The number of nitrogens with zero attached hydrogens (tertiary/aromatic N) is 2. The highest BCUT2D eigenvalue weighted by Crippen LogP contribution is 2.34. The van der Waals surface area contributed by atoms with Crippen molar-refractivity contribution in [2.45, 2.75) is 26.1 Å². The number of anilines is 2. The molecule has 1 heterocycles. The third-order valence-corrected chi connectivity index (χ3v) is 4.16. The van der Waals surface area contributed by atoms with Crippen LogP contribution in [0.15, 0.2) is 36.4 Å². The molecule has 0 spiro atoms. The first-order chi connectivity index (χ1) is 12.1. The third-order valence-electron chi connectivity index (χ3n) is 3.93. The molecule has 0 aliphatic carbocycles. The smallest absolute Gasteiger partial charge is 0.399 e. The van der Waals surface area contributed by atoms with Gasteiger partial charge in [0.1, 0.15) is 11.6 Å². The van der Waals surface area contributed by atoms with Gasteiger partial charge in [-0.25, -0.2) is 9.97 Å². The Balaban J connectivity index is 2.01. The van der Waals surface area contributed by atoms with Crippen molar-refractivity contribution in [3.63, 3.8) is 0 Å². The summed E-state index contributed by atoms with van der Waals surface area (Å²) in [6, 6.07) is 8.25. The number of aromatic nitrogens is 2. The number of alkyl halides is 3. The summed E-state index contributed by atoms with van der Waals surface area (Å²) in [6.07, 6.45) is -4.46. The average molecular weight is 381 g/mol. The fourth-order valence-electron chi connectivity index (χ4n) is 2.71. The molecule has 0 aliphatic rings. The molecule has 3 N–H and O–H groups in total. The predicted molar refractivity (Wildman–Crippen MR) is 97.2 cm³/mol. The van der Waals surface area contributed by atoms with Crippen molar-refractivity contribution in [2.75, 3.05) is 11.1 Å². The molecule has 4 nitrogen and oxygen atoms in total. The largest absolute Gasteiger partial charge is 0.416 e. The van der Waals surface area contributed by atoms with E-state index in [-0.39, 0.29) is 5.69 Å². The van der Waals surface area contributed by atoms with Gasteiger partial charge in [0.2, 0.25) is 0 Å². The van der Waals surface area contributed by atoms with Crippen LogP contribution in [0.1, 0.15) is 29.9 Å². The number of hydrogen-bond acceptors (Lipinski definition) is 4. The summed E-state index contributed by atoms with van der Waals surface area (Å²) in [5, 5.41) is 4.35. The van der Waals surface area contributed by atoms with Crippen LogP contribution in [-0.4, -0.2) is 9.97 Å². The highest BCUT2D eigenvalue weighted by molar-refractivity contribution is 6.31. The molecule has 0 saturated heterocycles. The predicted octanol–water partition coefficient (Wildman–Crippen LogP) is 5.37. The van der Waals surface area contributed by atoms with Crippen molar-refractivity contribution >= 4 is 34.0 Å². The summed E-state index contributed by atoms with van der Waals surface area (Å²) < 4.78 is 39.1. The molecule has 1 aromatic heterocycles. The molecule has 0 amide bonds. The minimum atomic E-state index is -4.46. The van der Waals surface area contributed by atoms with Crippen molar-refractivity contribution in [2.24, 2.45) is 0 Å². The Morgan fingerprint density at radius 2 is 1.85 bits per heavy atom. The standard InChI is InChI=1S/C18H16ClF3N4/c1-9(11-5-12(18(20,21)22)7-14(23)6-11)24-17-15-8-13(19)3-4-16(15)25-10(2)26-17/h3-9H,23H2,1-2H3,(H,24,25,26)/t9-/m1/s1. The van der Waals surface area contributed by atoms with Crippen LogP contribution < -0.4 is 11.1 Å². The topological polar surface area (TPSA) is 63.8 Å². The maximum atomic E-state index is 13.0. The van der Waals surface area contributed by atoms with Gasteiger partial charge < -0.3 is 11.1 Å². The number of benzene rings is 2. The Kier molecular flexibility index (Phi) is 4.66. The molecule has 3 aromatic rings. The SMILES string of the molecule is Cc1nc(N[C@H](C)c2cc(N)cc(C(F)(F)F)c2)c2cc(Cl)ccc2n1. The van der Waals surface area contributed by atoms with Crippen LogP contribution in [0.5, 0.6) is 0 Å². The Morgan fingerprint density at radius 3 is 2.54 bits per heavy atom. The van der Waals surface area contributed by atoms with E-state index in [0.29, 0.717) is 33.1 Å². The number of halogens is 4. The van der Waals surface area contributed by atoms with Crippen LogP contribution in [0.4, 0.5) is 24.7 Å². The molecule has 2 aromatic carbocycles. The first-order valence-corrected chi connectivity index (χ1v) is 8.19. The summed E-state index contributed by atoms with van der Waals surface area (Å²) in [4.78, 5) is 8.71. The Bertz CT molecular complexity index is 973. The van der Waals surface area contributed by atoms with Gasteiger partial charge in [0.25, 0.3) is 0 Å². The maximum absolute atomic E-state index is 13.0. The molecule has 1 atom stereocenters. The Labute approximate surface area is 153 Å². The molecule has 0 saturated carbocycles. The number of rotatable bonds is 3. The molecule has 3 rings (SSSR count). The summed E-state index contributed by atoms with van der Waals surface area (Å²) in [5.74, 6) is 1.04. The van der Waals surface area contributed by atoms with Gasteiger partial charge in [0.05, 0.1) is 17.1 Å². The lowest BCUT2D eigenvalue weighted by atomic mass is 10.0. The number of fused-ring (bicyclic) bond motifs is 1. The van der Waals surface area contributed by atoms with Crippen LogP contribution in [-0.2, 0) is 6.18 Å². The van der Waals surface area contributed by atoms with Gasteiger partial charge >= 0.3 is 6.18 Å². The fourth-order valence-corrected chi connectivity index (χ4v) is 2.88. The lowest BCUT2D eigenvalue weighted by molar-refractivity contribution is -0.137. The number of nitrogen functional groups attached to an aromatic ring is 1. The van der Waals surface area contributed by atoms with E-state index in [1.165, 1.54) is 6.07 Å². The van der Waals surface area contributed by atoms with Crippen molar-refractivity contribution in [3.8, 4) is 0 Å². The zero-order valence-electron chi connectivity index (χ0n) is 14.0. The van der Waals surface area contributed by atoms with Crippen molar-refractivity contribution in [3.05, 3.63) is 58.4 Å². The highest BCUT2D eigenvalue weighted by Gasteiger charge is 2.31. The molecule has 26 heavy (non-hydrogen) atoms. The number of hydrogen-bond donors (Lipinski definition) is 2. The van der Waals surface area contributed by atoms with E-state index in [1.54, 1.807) is 32.0 Å². The van der Waals surface area contributed by atoms with Gasteiger partial charge in [-0.1, -0.05) is 11.6 Å². The second-order valence-electron chi connectivity index (χ2n) is 6.03. The van der Waals surface area contributed by atoms with E-state index >= 15 is 0 Å². The zero-order chi connectivity index (χ0) is 19.1. The second-order valence-corrected chi connectivity index (χ2v) is 6.47. The van der Waals surface area contributed by atoms with Gasteiger partial charge in [-0.3, -0.25) is 0 Å². The number of nitrogens with one attached hydrogen (secondary N) is 1. The van der Waals surface area contributed by atoms with E-state index in [9.17, 15) is 13.2 Å². The number of nitrogens with two attached hydrogens (primary N) is 1.